The van der Waals surface area contributed by atoms with E-state index in [0.29, 0.717) is 82.9 Å². The van der Waals surface area contributed by atoms with E-state index in [1.54, 1.807) is 6.07 Å². The minimum absolute atomic E-state index is 0. The first-order valence-electron chi connectivity index (χ1n) is 39.4. The predicted octanol–water partition coefficient (Wildman–Crippen LogP) is 25.3. The Hall–Kier alpha value is -5.87. The Morgan fingerprint density at radius 1 is 0.408 bits per heavy atom. The molecule has 0 aromatic heterocycles. The van der Waals surface area contributed by atoms with E-state index in [1.807, 2.05) is 36.4 Å². The van der Waals surface area contributed by atoms with Gasteiger partial charge in [-0.25, -0.2) is 4.39 Å². The average molecular weight is 1430 g/mol. The standard InChI is InChI=1S/C18H28O.C17H29NO.C16H26O3.C16H26O.C13H19F.C13H20O.CH4/c1-13(2)9-15-10-16(14(3)4)12-18(11-15)19-17-7-5-6-8-17;1-13(2)9-15-10-16(14(3)4)12-17(11-15)19-8-7-18(5)6;1-11(2)5-13-6-14(12(3)4)8-16(7-13)19-10-15(18)9-17;1-11(2)7-14-8-15(12(3)4)10-16(9-14)17-13(5)6;1-9(2)7-12-8-11(10(3)4)5-6-13(12)14;1-9(2)5-11-6-12(10(3)4)8-13(14)7-11;/h10-14,17H,5-9H2,1-4H3;10-14H,7-9H2,1-6H3;6-8,11-12,15,17-18H,5,9-10H2,1-4H3;8-13H,7H2,1-6H3;5-6,8-10H,7H2,1-4H3;6-10,14H,5H2,1-4H3;1H4. The Morgan fingerprint density at radius 3 is 1.11 bits per heavy atom. The molecule has 7 rings (SSSR count). The number of aromatic hydroxyl groups is 1. The van der Waals surface area contributed by atoms with Crippen molar-refractivity contribution in [2.75, 3.05) is 40.5 Å². The number of phenols is 1. The van der Waals surface area contributed by atoms with E-state index in [1.165, 1.54) is 86.9 Å². The van der Waals surface area contributed by atoms with E-state index in [9.17, 15) is 14.6 Å². The zero-order valence-electron chi connectivity index (χ0n) is 69.8. The van der Waals surface area contributed by atoms with Crippen molar-refractivity contribution in [3.05, 3.63) is 182 Å². The zero-order valence-corrected chi connectivity index (χ0v) is 69.8. The van der Waals surface area contributed by atoms with Crippen LogP contribution in [0.4, 0.5) is 4.39 Å². The molecule has 1 unspecified atom stereocenters. The van der Waals surface area contributed by atoms with Gasteiger partial charge in [-0.15, -0.1) is 0 Å². The van der Waals surface area contributed by atoms with Crippen LogP contribution in [0.25, 0.3) is 0 Å². The summed E-state index contributed by atoms with van der Waals surface area (Å²) in [5.41, 5.74) is 15.4. The Balaban J connectivity index is 0.000000619. The molecule has 1 aliphatic rings. The van der Waals surface area contributed by atoms with Crippen LogP contribution in [0.3, 0.4) is 0 Å². The summed E-state index contributed by atoms with van der Waals surface area (Å²) in [6, 6.07) is 37.9. The lowest BCUT2D eigenvalue weighted by molar-refractivity contribution is 0.0535. The van der Waals surface area contributed by atoms with Gasteiger partial charge in [-0.1, -0.05) is 216 Å². The maximum atomic E-state index is 13.4. The van der Waals surface area contributed by atoms with Crippen molar-refractivity contribution in [3.8, 4) is 28.7 Å². The van der Waals surface area contributed by atoms with Crippen molar-refractivity contribution in [1.29, 1.82) is 0 Å². The summed E-state index contributed by atoms with van der Waals surface area (Å²) in [7, 11) is 4.14. The molecular weight excluding hydrogens is 1270 g/mol. The van der Waals surface area contributed by atoms with Crippen molar-refractivity contribution in [2.45, 2.75) is 305 Å². The van der Waals surface area contributed by atoms with Gasteiger partial charge in [0.1, 0.15) is 53.9 Å². The van der Waals surface area contributed by atoms with E-state index in [2.05, 4.69) is 266 Å². The minimum atomic E-state index is -0.823. The number of rotatable bonds is 30. The number of hydrogen-bond donors (Lipinski definition) is 3. The normalized spacial score (nSPS) is 12.6. The van der Waals surface area contributed by atoms with E-state index >= 15 is 0 Å². The number of likely N-dealkylation sites (N-methyl/N-ethyl adjacent to an activating group) is 1. The van der Waals surface area contributed by atoms with Crippen LogP contribution in [0, 0.1) is 41.3 Å². The summed E-state index contributed by atoms with van der Waals surface area (Å²) in [6.45, 7) is 58.6. The number of hydrogen-bond acceptors (Lipinski definition) is 8. The summed E-state index contributed by atoms with van der Waals surface area (Å²) in [6.07, 6.45) is 11.2. The van der Waals surface area contributed by atoms with E-state index in [4.69, 9.17) is 24.1 Å². The predicted molar refractivity (Wildman–Crippen MR) is 444 cm³/mol. The molecule has 1 aliphatic carbocycles. The number of benzene rings is 6. The molecule has 0 amide bonds. The fraction of sp³-hybridized carbons (Fsp3) is 0.617. The van der Waals surface area contributed by atoms with E-state index < -0.39 is 6.10 Å². The van der Waals surface area contributed by atoms with Gasteiger partial charge in [-0.2, -0.15) is 0 Å². The largest absolute Gasteiger partial charge is 0.508 e. The van der Waals surface area contributed by atoms with Gasteiger partial charge in [-0.3, -0.25) is 0 Å². The molecule has 0 radical (unpaired) electrons. The molecule has 1 saturated carbocycles. The first-order valence-corrected chi connectivity index (χ1v) is 39.4. The molecule has 0 saturated heterocycles. The number of aliphatic hydroxyl groups excluding tert-OH is 2. The van der Waals surface area contributed by atoms with Crippen molar-refractivity contribution in [2.24, 2.45) is 35.5 Å². The Morgan fingerprint density at radius 2 is 0.748 bits per heavy atom. The Labute approximate surface area is 632 Å². The molecule has 0 spiro atoms. The lowest BCUT2D eigenvalue weighted by Gasteiger charge is -2.17. The van der Waals surface area contributed by atoms with Crippen LogP contribution in [0.5, 0.6) is 28.7 Å². The Bertz CT molecular complexity index is 3210. The van der Waals surface area contributed by atoms with Crippen molar-refractivity contribution >= 4 is 0 Å². The maximum absolute atomic E-state index is 13.4. The second kappa shape index (κ2) is 49.8. The molecule has 1 fully saturated rings. The van der Waals surface area contributed by atoms with E-state index in [-0.39, 0.29) is 32.6 Å². The van der Waals surface area contributed by atoms with Crippen molar-refractivity contribution in [1.82, 2.24) is 4.90 Å². The highest BCUT2D eigenvalue weighted by Gasteiger charge is 2.19. The molecular formula is C94H152FNO7. The summed E-state index contributed by atoms with van der Waals surface area (Å²) in [5, 5.41) is 27.7. The van der Waals surface area contributed by atoms with Crippen LogP contribution < -0.4 is 18.9 Å². The van der Waals surface area contributed by atoms with Crippen LogP contribution in [0.15, 0.2) is 109 Å². The van der Waals surface area contributed by atoms with Gasteiger partial charge in [0.2, 0.25) is 0 Å². The SMILES string of the molecule is C.CC(C)Cc1cc(C(C)C)ccc1F.CC(C)Cc1cc(O)cc(C(C)C)c1.CC(C)Cc1cc(OC(C)C)cc(C(C)C)c1.CC(C)Cc1cc(OC2CCCC2)cc(C(C)C)c1.CC(C)Cc1cc(OCC(O)CO)cc(C(C)C)c1.CC(C)Cc1cc(OCCN(C)C)cc(C(C)C)c1. The Kier molecular flexibility index (Phi) is 46.0. The summed E-state index contributed by atoms with van der Waals surface area (Å²) < 4.78 is 36.9. The second-order valence-electron chi connectivity index (χ2n) is 33.9. The van der Waals surface area contributed by atoms with Gasteiger partial charge in [0.25, 0.3) is 0 Å². The zero-order chi connectivity index (χ0) is 77.1. The van der Waals surface area contributed by atoms with Gasteiger partial charge in [0.15, 0.2) is 0 Å². The molecule has 8 nitrogen and oxygen atoms in total. The number of ether oxygens (including phenoxy) is 4. The van der Waals surface area contributed by atoms with Gasteiger partial charge in [-0.05, 0) is 297 Å². The average Bonchev–Trinajstić information content (AvgIpc) is 1.54. The summed E-state index contributed by atoms with van der Waals surface area (Å²) in [5.74, 6) is 11.1. The van der Waals surface area contributed by atoms with Crippen molar-refractivity contribution in [3.63, 3.8) is 0 Å². The lowest BCUT2D eigenvalue weighted by Crippen LogP contribution is -2.21. The molecule has 6 aromatic carbocycles. The summed E-state index contributed by atoms with van der Waals surface area (Å²) in [4.78, 5) is 2.14. The van der Waals surface area contributed by atoms with Crippen molar-refractivity contribution < 1.29 is 38.7 Å². The molecule has 9 heteroatoms. The number of aliphatic hydroxyl groups is 2. The third-order valence-corrected chi connectivity index (χ3v) is 17.3. The first-order chi connectivity index (χ1) is 47.7. The summed E-state index contributed by atoms with van der Waals surface area (Å²) >= 11 is 0. The molecule has 1 atom stereocenters. The number of nitrogens with zero attached hydrogens (tertiary/aromatic N) is 1. The second-order valence-corrected chi connectivity index (χ2v) is 33.9. The van der Waals surface area contributed by atoms with Gasteiger partial charge < -0.3 is 39.2 Å². The highest BCUT2D eigenvalue weighted by molar-refractivity contribution is 5.40. The third kappa shape index (κ3) is 41.6. The molecule has 103 heavy (non-hydrogen) atoms. The van der Waals surface area contributed by atoms with Gasteiger partial charge in [0, 0.05) is 6.54 Å². The third-order valence-electron chi connectivity index (χ3n) is 17.3. The van der Waals surface area contributed by atoms with Crippen LogP contribution in [-0.2, 0) is 38.5 Å². The smallest absolute Gasteiger partial charge is 0.126 e. The van der Waals surface area contributed by atoms with Crippen LogP contribution in [0.1, 0.15) is 315 Å². The van der Waals surface area contributed by atoms with Gasteiger partial charge in [0.05, 0.1) is 18.8 Å². The fourth-order valence-electron chi connectivity index (χ4n) is 12.0. The molecule has 0 bridgehead atoms. The van der Waals surface area contributed by atoms with Crippen LogP contribution in [-0.4, -0.2) is 79.0 Å². The minimum Gasteiger partial charge on any atom is -0.508 e. The first kappa shape index (κ1) is 95.1. The topological polar surface area (TPSA) is 101 Å². The van der Waals surface area contributed by atoms with Crippen LogP contribution >= 0.6 is 0 Å². The number of phenolic OH excluding ortho intramolecular Hbond substituents is 1. The monoisotopic (exact) mass is 1430 g/mol. The van der Waals surface area contributed by atoms with Gasteiger partial charge >= 0.3 is 0 Å². The fourth-order valence-corrected chi connectivity index (χ4v) is 12.0. The lowest BCUT2D eigenvalue weighted by atomic mass is 9.96. The molecule has 6 aromatic rings. The quantitative estimate of drug-likeness (QED) is 0.0410. The molecule has 582 valence electrons. The van der Waals surface area contributed by atoms with E-state index in [0.717, 1.165) is 80.2 Å². The highest BCUT2D eigenvalue weighted by Crippen LogP contribution is 2.32. The maximum Gasteiger partial charge on any atom is 0.126 e. The molecule has 0 aliphatic heterocycles. The number of halogens is 1. The molecule has 0 heterocycles. The highest BCUT2D eigenvalue weighted by atomic mass is 19.1. The van der Waals surface area contributed by atoms with Crippen LogP contribution in [0.2, 0.25) is 0 Å². The molecule has 3 N–H and O–H groups in total.